The largest absolute Gasteiger partial charge is 0.481 e. The van der Waals surface area contributed by atoms with Crippen molar-refractivity contribution in [2.45, 2.75) is 19.1 Å². The highest BCUT2D eigenvalue weighted by Crippen LogP contribution is 2.26. The minimum atomic E-state index is -4.54. The highest BCUT2D eigenvalue weighted by Gasteiger charge is 2.46. The molecule has 11 nitrogen and oxygen atoms in total. The van der Waals surface area contributed by atoms with Crippen LogP contribution < -0.4 is 4.72 Å². The summed E-state index contributed by atoms with van der Waals surface area (Å²) in [4.78, 5) is 45.0. The number of ketones is 1. The molecular formula is C15H18N2O9S. The van der Waals surface area contributed by atoms with E-state index in [4.69, 9.17) is 0 Å². The van der Waals surface area contributed by atoms with E-state index >= 15 is 0 Å². The monoisotopic (exact) mass is 402 g/mol. The van der Waals surface area contributed by atoms with Crippen molar-refractivity contribution >= 4 is 39.1 Å². The average Bonchev–Trinajstić information content (AvgIpc) is 2.53. The third-order valence-electron chi connectivity index (χ3n) is 3.81. The second kappa shape index (κ2) is 8.58. The minimum Gasteiger partial charge on any atom is -0.481 e. The van der Waals surface area contributed by atoms with Gasteiger partial charge in [0.25, 0.3) is 5.69 Å². The van der Waals surface area contributed by atoms with Crippen molar-refractivity contribution in [3.8, 4) is 0 Å². The number of anilines is 1. The normalized spacial score (nSPS) is 14.5. The van der Waals surface area contributed by atoms with Crippen molar-refractivity contribution in [1.82, 2.24) is 0 Å². The van der Waals surface area contributed by atoms with Gasteiger partial charge in [-0.2, -0.15) is 0 Å². The van der Waals surface area contributed by atoms with Crippen molar-refractivity contribution in [2.75, 3.05) is 11.8 Å². The Bertz CT molecular complexity index is 835. The molecule has 0 saturated heterocycles. The quantitative estimate of drug-likeness (QED) is 0.262. The molecule has 1 aromatic carbocycles. The standard InChI is InChI=1S/C15H18N2O9S/c1-8(12(9(2)18)14(19)20)13(15(21)26-3)27(24,25)16-10-4-6-11(7-5-10)17(22)23/h4-8,12-13,16H,1-3H3,(H,19,20)/t8-,12+,13?/m1/s1. The van der Waals surface area contributed by atoms with Crippen LogP contribution in [0.2, 0.25) is 0 Å². The molecule has 0 spiro atoms. The number of methoxy groups -OCH3 is 1. The molecular weight excluding hydrogens is 384 g/mol. The molecule has 1 unspecified atom stereocenters. The summed E-state index contributed by atoms with van der Waals surface area (Å²) in [6.07, 6.45) is 0. The molecule has 0 heterocycles. The maximum Gasteiger partial charge on any atom is 0.326 e. The number of aliphatic carboxylic acids is 1. The van der Waals surface area contributed by atoms with Gasteiger partial charge >= 0.3 is 11.9 Å². The lowest BCUT2D eigenvalue weighted by molar-refractivity contribution is -0.384. The van der Waals surface area contributed by atoms with Crippen LogP contribution in [0.25, 0.3) is 0 Å². The van der Waals surface area contributed by atoms with Gasteiger partial charge in [0.05, 0.1) is 12.0 Å². The van der Waals surface area contributed by atoms with Gasteiger partial charge in [-0.05, 0) is 19.1 Å². The summed E-state index contributed by atoms with van der Waals surface area (Å²) in [5.74, 6) is -6.83. The van der Waals surface area contributed by atoms with Crippen molar-refractivity contribution in [3.05, 3.63) is 34.4 Å². The Morgan fingerprint density at radius 2 is 1.74 bits per heavy atom. The molecule has 3 atom stereocenters. The molecule has 27 heavy (non-hydrogen) atoms. The number of sulfonamides is 1. The summed E-state index contributed by atoms with van der Waals surface area (Å²) < 4.78 is 31.8. The summed E-state index contributed by atoms with van der Waals surface area (Å²) in [6.45, 7) is 2.11. The number of Topliss-reactive ketones (excluding diaryl/α,β-unsaturated/α-hetero) is 1. The second-order valence-corrected chi connectivity index (χ2v) is 7.48. The molecule has 0 bridgehead atoms. The molecule has 0 saturated carbocycles. The van der Waals surface area contributed by atoms with Gasteiger partial charge in [-0.3, -0.25) is 29.2 Å². The highest BCUT2D eigenvalue weighted by atomic mass is 32.2. The number of non-ortho nitro benzene ring substituents is 1. The molecule has 2 N–H and O–H groups in total. The van der Waals surface area contributed by atoms with Gasteiger partial charge in [0.15, 0.2) is 5.25 Å². The summed E-state index contributed by atoms with van der Waals surface area (Å²) in [5, 5.41) is 17.8. The Morgan fingerprint density at radius 3 is 2.11 bits per heavy atom. The molecule has 0 aliphatic carbocycles. The first-order chi connectivity index (χ1) is 12.4. The van der Waals surface area contributed by atoms with E-state index in [9.17, 15) is 38.0 Å². The predicted octanol–water partition coefficient (Wildman–Crippen LogP) is 0.804. The zero-order valence-electron chi connectivity index (χ0n) is 14.6. The van der Waals surface area contributed by atoms with E-state index in [-0.39, 0.29) is 11.4 Å². The molecule has 12 heteroatoms. The van der Waals surface area contributed by atoms with E-state index < -0.39 is 49.8 Å². The summed E-state index contributed by atoms with van der Waals surface area (Å²) in [6, 6.07) is 4.30. The van der Waals surface area contributed by atoms with Crippen molar-refractivity contribution in [1.29, 1.82) is 0 Å². The van der Waals surface area contributed by atoms with Gasteiger partial charge in [0.2, 0.25) is 10.0 Å². The fraction of sp³-hybridized carbons (Fsp3) is 0.400. The highest BCUT2D eigenvalue weighted by molar-refractivity contribution is 7.94. The van der Waals surface area contributed by atoms with Gasteiger partial charge in [0.1, 0.15) is 11.7 Å². The number of carbonyl (C=O) groups is 3. The lowest BCUT2D eigenvalue weighted by atomic mass is 9.88. The maximum absolute atomic E-state index is 12.7. The van der Waals surface area contributed by atoms with E-state index in [0.29, 0.717) is 0 Å². The Kier molecular flexibility index (Phi) is 6.99. The first-order valence-corrected chi connectivity index (χ1v) is 9.04. The SMILES string of the molecule is COC(=O)C([C@H](C)[C@@H](C(C)=O)C(=O)O)S(=O)(=O)Nc1ccc([N+](=O)[O-])cc1. The Labute approximate surface area is 154 Å². The average molecular weight is 402 g/mol. The number of carboxylic acids is 1. The number of rotatable bonds is 9. The molecule has 1 rings (SSSR count). The van der Waals surface area contributed by atoms with Crippen molar-refractivity contribution in [2.24, 2.45) is 11.8 Å². The number of nitrogens with zero attached hydrogens (tertiary/aromatic N) is 1. The first kappa shape index (κ1) is 22.0. The maximum atomic E-state index is 12.7. The molecule has 0 fully saturated rings. The van der Waals surface area contributed by atoms with Crippen LogP contribution in [0.1, 0.15) is 13.8 Å². The Hall–Kier alpha value is -3.02. The van der Waals surface area contributed by atoms with Gasteiger partial charge < -0.3 is 9.84 Å². The van der Waals surface area contributed by atoms with Crippen molar-refractivity contribution < 1.29 is 37.6 Å². The smallest absolute Gasteiger partial charge is 0.326 e. The molecule has 0 aromatic heterocycles. The van der Waals surface area contributed by atoms with Crippen molar-refractivity contribution in [3.63, 3.8) is 0 Å². The summed E-state index contributed by atoms with van der Waals surface area (Å²) >= 11 is 0. The van der Waals surface area contributed by atoms with Crippen LogP contribution in [0.15, 0.2) is 24.3 Å². The minimum absolute atomic E-state index is 0.0867. The third kappa shape index (κ3) is 5.23. The number of carboxylic acid groups (broad SMARTS) is 1. The molecule has 0 radical (unpaired) electrons. The van der Waals surface area contributed by atoms with Gasteiger partial charge in [-0.15, -0.1) is 0 Å². The van der Waals surface area contributed by atoms with E-state index in [1.165, 1.54) is 0 Å². The predicted molar refractivity (Wildman–Crippen MR) is 92.4 cm³/mol. The molecule has 148 valence electrons. The Balaban J connectivity index is 3.28. The van der Waals surface area contributed by atoms with E-state index in [1.807, 2.05) is 0 Å². The molecule has 0 aliphatic rings. The lowest BCUT2D eigenvalue weighted by Gasteiger charge is -2.25. The topological polar surface area (TPSA) is 170 Å². The van der Waals surface area contributed by atoms with E-state index in [1.54, 1.807) is 0 Å². The summed E-state index contributed by atoms with van der Waals surface area (Å²) in [7, 11) is -3.62. The molecule has 1 aromatic rings. The second-order valence-electron chi connectivity index (χ2n) is 5.68. The lowest BCUT2D eigenvalue weighted by Crippen LogP contribution is -2.46. The van der Waals surface area contributed by atoms with Gasteiger partial charge in [-0.1, -0.05) is 6.92 Å². The Morgan fingerprint density at radius 1 is 1.22 bits per heavy atom. The fourth-order valence-corrected chi connectivity index (χ4v) is 4.23. The first-order valence-electron chi connectivity index (χ1n) is 7.49. The molecule has 0 amide bonds. The number of ether oxygens (including phenoxy) is 1. The number of benzene rings is 1. The van der Waals surface area contributed by atoms with Crippen LogP contribution in [0.3, 0.4) is 0 Å². The van der Waals surface area contributed by atoms with E-state index in [0.717, 1.165) is 45.2 Å². The van der Waals surface area contributed by atoms with Crippen LogP contribution in [-0.4, -0.2) is 48.5 Å². The number of hydrogen-bond donors (Lipinski definition) is 2. The van der Waals surface area contributed by atoms with Crippen LogP contribution in [0.5, 0.6) is 0 Å². The van der Waals surface area contributed by atoms with Crippen LogP contribution in [0, 0.1) is 22.0 Å². The number of nitrogens with one attached hydrogen (secondary N) is 1. The number of carbonyl (C=O) groups excluding carboxylic acids is 2. The number of nitro benzene ring substituents is 1. The third-order valence-corrected chi connectivity index (χ3v) is 5.62. The van der Waals surface area contributed by atoms with Crippen LogP contribution in [-0.2, 0) is 29.1 Å². The number of esters is 1. The van der Waals surface area contributed by atoms with Gasteiger partial charge in [-0.25, -0.2) is 8.42 Å². The van der Waals surface area contributed by atoms with E-state index in [2.05, 4.69) is 9.46 Å². The zero-order valence-corrected chi connectivity index (χ0v) is 15.4. The van der Waals surface area contributed by atoms with Gasteiger partial charge in [0, 0.05) is 23.7 Å². The number of hydrogen-bond acceptors (Lipinski definition) is 8. The molecule has 0 aliphatic heterocycles. The van der Waals surface area contributed by atoms with Crippen LogP contribution in [0.4, 0.5) is 11.4 Å². The summed E-state index contributed by atoms with van der Waals surface area (Å²) in [5.41, 5.74) is -0.366. The zero-order chi connectivity index (χ0) is 20.9. The number of nitro groups is 1. The van der Waals surface area contributed by atoms with Crippen LogP contribution >= 0.6 is 0 Å². The fourth-order valence-electron chi connectivity index (χ4n) is 2.56.